The van der Waals surface area contributed by atoms with Gasteiger partial charge in [0.2, 0.25) is 5.82 Å². The molecule has 1 amide bonds. The maximum atomic E-state index is 12.4. The van der Waals surface area contributed by atoms with Gasteiger partial charge in [0.1, 0.15) is 24.4 Å². The first-order valence-corrected chi connectivity index (χ1v) is 12.7. The zero-order valence-electron chi connectivity index (χ0n) is 23.7. The molecule has 0 spiro atoms. The molecule has 0 saturated carbocycles. The summed E-state index contributed by atoms with van der Waals surface area (Å²) in [7, 11) is 0. The van der Waals surface area contributed by atoms with Gasteiger partial charge in [-0.2, -0.15) is 9.90 Å². The van der Waals surface area contributed by atoms with Crippen molar-refractivity contribution in [3.05, 3.63) is 42.4 Å². The summed E-state index contributed by atoms with van der Waals surface area (Å²) in [5, 5.41) is 16.4. The fraction of sp³-hybridized carbons (Fsp3) is 0.385. The number of benzene rings is 1. The lowest BCUT2D eigenvalue weighted by Gasteiger charge is -2.29. The molecule has 2 aromatic heterocycles. The molecule has 0 aliphatic heterocycles. The summed E-state index contributed by atoms with van der Waals surface area (Å²) in [6.07, 6.45) is -1.72. The molecular formula is C26H29N7O10. The molecule has 0 fully saturated rings. The van der Waals surface area contributed by atoms with Crippen LogP contribution < -0.4 is 10.2 Å². The van der Waals surface area contributed by atoms with Gasteiger partial charge in [-0.3, -0.25) is 29.0 Å². The number of tetrazole rings is 1. The van der Waals surface area contributed by atoms with Crippen molar-refractivity contribution >= 4 is 46.9 Å². The van der Waals surface area contributed by atoms with Crippen LogP contribution in [0, 0.1) is 0 Å². The molecule has 3 rings (SSSR count). The normalized spacial score (nSPS) is 13.0. The number of para-hydroxylation sites is 1. The Morgan fingerprint density at radius 2 is 1.67 bits per heavy atom. The van der Waals surface area contributed by atoms with Crippen molar-refractivity contribution < 1.29 is 47.7 Å². The number of pyridine rings is 1. The molecule has 17 heteroatoms. The molecule has 0 bridgehead atoms. The highest BCUT2D eigenvalue weighted by molar-refractivity contribution is 5.84. The van der Waals surface area contributed by atoms with Crippen molar-refractivity contribution in [2.24, 2.45) is 5.10 Å². The third-order valence-electron chi connectivity index (χ3n) is 5.20. The van der Waals surface area contributed by atoms with E-state index in [2.05, 4.69) is 30.9 Å². The van der Waals surface area contributed by atoms with Crippen LogP contribution in [0.4, 0.5) is 0 Å². The molecule has 1 aromatic carbocycles. The van der Waals surface area contributed by atoms with E-state index >= 15 is 0 Å². The minimum Gasteiger partial charge on any atom is -0.483 e. The second-order valence-electron chi connectivity index (χ2n) is 8.77. The number of carbonyl (C=O) groups excluding carboxylic acids is 5. The molecule has 2 heterocycles. The van der Waals surface area contributed by atoms with E-state index in [1.54, 1.807) is 12.3 Å². The molecule has 3 atom stereocenters. The first-order chi connectivity index (χ1) is 20.5. The van der Waals surface area contributed by atoms with E-state index in [1.807, 2.05) is 24.3 Å². The van der Waals surface area contributed by atoms with E-state index in [0.29, 0.717) is 11.3 Å². The second-order valence-corrected chi connectivity index (χ2v) is 8.77. The molecule has 228 valence electrons. The van der Waals surface area contributed by atoms with Crippen LogP contribution in [-0.4, -0.2) is 86.1 Å². The van der Waals surface area contributed by atoms with Gasteiger partial charge in [0.25, 0.3) is 5.91 Å². The number of nitrogens with one attached hydrogen (secondary N) is 1. The van der Waals surface area contributed by atoms with E-state index in [4.69, 9.17) is 23.7 Å². The minimum absolute atomic E-state index is 0.0338. The molecule has 0 unspecified atom stereocenters. The number of hydrazone groups is 1. The number of aromatic nitrogens is 5. The average molecular weight is 600 g/mol. The van der Waals surface area contributed by atoms with E-state index in [1.165, 1.54) is 0 Å². The maximum Gasteiger partial charge on any atom is 0.303 e. The summed E-state index contributed by atoms with van der Waals surface area (Å²) >= 11 is 0. The zero-order valence-corrected chi connectivity index (χ0v) is 23.7. The third-order valence-corrected chi connectivity index (χ3v) is 5.20. The third kappa shape index (κ3) is 10.5. The summed E-state index contributed by atoms with van der Waals surface area (Å²) in [6, 6.07) is 9.19. The summed E-state index contributed by atoms with van der Waals surface area (Å²) < 4.78 is 26.2. The molecular weight excluding hydrogens is 570 g/mol. The van der Waals surface area contributed by atoms with Gasteiger partial charge in [-0.1, -0.05) is 18.2 Å². The lowest BCUT2D eigenvalue weighted by Crippen LogP contribution is -2.48. The van der Waals surface area contributed by atoms with Gasteiger partial charge in [-0.25, -0.2) is 5.43 Å². The summed E-state index contributed by atoms with van der Waals surface area (Å²) in [4.78, 5) is 64.3. The van der Waals surface area contributed by atoms with Gasteiger partial charge in [0.05, 0.1) is 6.21 Å². The Bertz CT molecular complexity index is 1490. The van der Waals surface area contributed by atoms with Gasteiger partial charge in [-0.15, -0.1) is 10.2 Å². The molecule has 0 aliphatic rings. The maximum absolute atomic E-state index is 12.4. The number of esters is 4. The summed E-state index contributed by atoms with van der Waals surface area (Å²) in [6.45, 7) is 3.39. The number of rotatable bonds is 14. The molecule has 0 aliphatic carbocycles. The van der Waals surface area contributed by atoms with Gasteiger partial charge in [0.15, 0.2) is 24.9 Å². The SMILES string of the molecule is CC(=O)OC[C@@H](OC(C)=O)[C@@H](OC(C)=O)[C@@H](/C=N/NC(=O)Cn1nnc(COc2cccc3cccnc23)n1)OC(C)=O. The number of amides is 1. The topological polar surface area (TPSA) is 212 Å². The number of fused-ring (bicyclic) bond motifs is 1. The lowest BCUT2D eigenvalue weighted by molar-refractivity contribution is -0.183. The number of hydrogen-bond donors (Lipinski definition) is 1. The average Bonchev–Trinajstić information content (AvgIpc) is 3.38. The summed E-state index contributed by atoms with van der Waals surface area (Å²) in [5.41, 5.74) is 2.87. The van der Waals surface area contributed by atoms with E-state index in [9.17, 15) is 24.0 Å². The molecule has 17 nitrogen and oxygen atoms in total. The van der Waals surface area contributed by atoms with Crippen molar-refractivity contribution in [1.29, 1.82) is 0 Å². The van der Waals surface area contributed by atoms with Crippen molar-refractivity contribution in [2.45, 2.75) is 59.2 Å². The van der Waals surface area contributed by atoms with Crippen molar-refractivity contribution in [2.75, 3.05) is 6.61 Å². The molecule has 3 aromatic rings. The lowest BCUT2D eigenvalue weighted by atomic mass is 10.1. The van der Waals surface area contributed by atoms with Crippen LogP contribution in [0.15, 0.2) is 41.6 Å². The fourth-order valence-corrected chi connectivity index (χ4v) is 3.61. The predicted molar refractivity (Wildman–Crippen MR) is 144 cm³/mol. The predicted octanol–water partition coefficient (Wildman–Crippen LogP) is 0.261. The van der Waals surface area contributed by atoms with Crippen LogP contribution >= 0.6 is 0 Å². The highest BCUT2D eigenvalue weighted by atomic mass is 16.6. The Balaban J connectivity index is 1.64. The number of ether oxygens (including phenoxy) is 5. The Kier molecular flexibility index (Phi) is 11.6. The van der Waals surface area contributed by atoms with Crippen LogP contribution in [0.5, 0.6) is 5.75 Å². The highest BCUT2D eigenvalue weighted by Gasteiger charge is 2.37. The standard InChI is InChI=1S/C26H29N7O10/c1-15(34)39-13-22(42-17(3)36)26(43-18(4)37)21(41-16(2)35)11-28-30-24(38)12-33-31-23(29-32-33)14-40-20-9-5-7-19-8-6-10-27-25(19)20/h5-11,21-22,26H,12-14H2,1-4H3,(H,30,38)/b28-11+/t21-,22-,26+/m1/s1. The zero-order chi connectivity index (χ0) is 31.4. The Hall–Kier alpha value is -5.48. The largest absolute Gasteiger partial charge is 0.483 e. The Morgan fingerprint density at radius 1 is 0.953 bits per heavy atom. The van der Waals surface area contributed by atoms with Crippen molar-refractivity contribution in [1.82, 2.24) is 30.6 Å². The molecule has 0 saturated heterocycles. The number of hydrogen-bond acceptors (Lipinski definition) is 15. The van der Waals surface area contributed by atoms with Crippen LogP contribution in [0.2, 0.25) is 0 Å². The molecule has 0 radical (unpaired) electrons. The van der Waals surface area contributed by atoms with Crippen LogP contribution in [-0.2, 0) is 56.1 Å². The van der Waals surface area contributed by atoms with Crippen LogP contribution in [0.1, 0.15) is 33.5 Å². The number of nitrogens with zero attached hydrogens (tertiary/aromatic N) is 6. The van der Waals surface area contributed by atoms with Gasteiger partial charge >= 0.3 is 23.9 Å². The minimum atomic E-state index is -1.48. The smallest absolute Gasteiger partial charge is 0.303 e. The van der Waals surface area contributed by atoms with Crippen LogP contribution in [0.3, 0.4) is 0 Å². The Morgan fingerprint density at radius 3 is 2.37 bits per heavy atom. The van der Waals surface area contributed by atoms with Crippen LogP contribution in [0.25, 0.3) is 10.9 Å². The molecule has 43 heavy (non-hydrogen) atoms. The second kappa shape index (κ2) is 15.5. The van der Waals surface area contributed by atoms with Crippen molar-refractivity contribution in [3.8, 4) is 5.75 Å². The first-order valence-electron chi connectivity index (χ1n) is 12.7. The first kappa shape index (κ1) is 32.0. The van der Waals surface area contributed by atoms with Gasteiger partial charge in [-0.05, 0) is 17.3 Å². The Labute approximate surface area is 244 Å². The quantitative estimate of drug-likeness (QED) is 0.114. The summed E-state index contributed by atoms with van der Waals surface area (Å²) in [5.74, 6) is -3.09. The van der Waals surface area contributed by atoms with Gasteiger partial charge in [0, 0.05) is 39.3 Å². The highest BCUT2D eigenvalue weighted by Crippen LogP contribution is 2.23. The van der Waals surface area contributed by atoms with E-state index in [-0.39, 0.29) is 12.4 Å². The number of carbonyl (C=O) groups is 5. The van der Waals surface area contributed by atoms with E-state index in [0.717, 1.165) is 44.1 Å². The van der Waals surface area contributed by atoms with Gasteiger partial charge < -0.3 is 23.7 Å². The molecule has 1 N–H and O–H groups in total. The van der Waals surface area contributed by atoms with Crippen molar-refractivity contribution in [3.63, 3.8) is 0 Å². The van der Waals surface area contributed by atoms with E-state index < -0.39 is 61.2 Å². The fourth-order valence-electron chi connectivity index (χ4n) is 3.61. The monoisotopic (exact) mass is 599 g/mol.